The van der Waals surface area contributed by atoms with Crippen molar-refractivity contribution in [3.05, 3.63) is 0 Å². The summed E-state index contributed by atoms with van der Waals surface area (Å²) in [5.41, 5.74) is -0.701. The molecule has 0 fully saturated rings. The van der Waals surface area contributed by atoms with Gasteiger partial charge < -0.3 is 9.84 Å². The number of aliphatic hydroxyl groups is 1. The zero-order valence-corrected chi connectivity index (χ0v) is 9.77. The third-order valence-electron chi connectivity index (χ3n) is 1.59. The van der Waals surface area contributed by atoms with Gasteiger partial charge in [-0.15, -0.1) is 8.58 Å². The van der Waals surface area contributed by atoms with E-state index in [1.165, 1.54) is 0 Å². The molecule has 0 heterocycles. The van der Waals surface area contributed by atoms with Crippen molar-refractivity contribution in [3.8, 4) is 0 Å². The van der Waals surface area contributed by atoms with Gasteiger partial charge in [0.25, 0.3) is 0 Å². The molecule has 0 aromatic carbocycles. The zero-order valence-electron chi connectivity index (χ0n) is 8.77. The van der Waals surface area contributed by atoms with Crippen molar-refractivity contribution >= 4 is 8.58 Å². The summed E-state index contributed by atoms with van der Waals surface area (Å²) in [5.74, 6) is 0. The molecule has 1 atom stereocenters. The topological polar surface area (TPSA) is 29.5 Å². The van der Waals surface area contributed by atoms with Crippen LogP contribution in [0.15, 0.2) is 0 Å². The van der Waals surface area contributed by atoms with Gasteiger partial charge in [-0.2, -0.15) is 0 Å². The molecule has 0 amide bonds. The molecule has 1 N–H and O–H groups in total. The average molecular weight is 192 g/mol. The molecule has 0 radical (unpaired) electrons. The van der Waals surface area contributed by atoms with E-state index in [1.807, 2.05) is 0 Å². The Balaban J connectivity index is 3.57. The third-order valence-corrected chi connectivity index (χ3v) is 3.09. The van der Waals surface area contributed by atoms with Gasteiger partial charge >= 0.3 is 0 Å². The minimum absolute atomic E-state index is 0.255. The van der Waals surface area contributed by atoms with Crippen LogP contribution in [0.1, 0.15) is 27.7 Å². The summed E-state index contributed by atoms with van der Waals surface area (Å²) in [4.78, 5) is 0. The first-order chi connectivity index (χ1) is 5.27. The number of hydrogen-bond acceptors (Lipinski definition) is 2. The lowest BCUT2D eigenvalue weighted by atomic mass is 10.1. The van der Waals surface area contributed by atoms with Crippen LogP contribution in [0.5, 0.6) is 0 Å². The lowest BCUT2D eigenvalue weighted by molar-refractivity contribution is -0.0248. The van der Waals surface area contributed by atoms with E-state index in [-0.39, 0.29) is 5.16 Å². The van der Waals surface area contributed by atoms with Gasteiger partial charge in [0, 0.05) is 5.16 Å². The van der Waals surface area contributed by atoms with Crippen molar-refractivity contribution in [2.75, 3.05) is 19.9 Å². The van der Waals surface area contributed by atoms with Gasteiger partial charge in [0.1, 0.15) is 0 Å². The Labute approximate surface area is 77.5 Å². The van der Waals surface area contributed by atoms with E-state index in [1.54, 1.807) is 13.8 Å². The van der Waals surface area contributed by atoms with Gasteiger partial charge in [-0.1, -0.05) is 13.8 Å². The van der Waals surface area contributed by atoms with E-state index in [4.69, 9.17) is 4.74 Å². The summed E-state index contributed by atoms with van der Waals surface area (Å²) < 4.78 is 5.41. The summed E-state index contributed by atoms with van der Waals surface area (Å²) in [7, 11) is 0.871. The molecule has 3 heteroatoms. The van der Waals surface area contributed by atoms with Gasteiger partial charge in [0.2, 0.25) is 0 Å². The van der Waals surface area contributed by atoms with E-state index in [0.717, 1.165) is 15.2 Å². The average Bonchev–Trinajstić information content (AvgIpc) is 1.84. The van der Waals surface area contributed by atoms with Gasteiger partial charge in [0.05, 0.1) is 18.8 Å². The van der Waals surface area contributed by atoms with Crippen LogP contribution in [0.4, 0.5) is 0 Å². The zero-order chi connectivity index (χ0) is 9.83. The highest BCUT2D eigenvalue weighted by molar-refractivity contribution is 7.39. The fourth-order valence-electron chi connectivity index (χ4n) is 0.628. The minimum Gasteiger partial charge on any atom is -0.388 e. The first-order valence-corrected chi connectivity index (χ1v) is 5.76. The van der Waals surface area contributed by atoms with Crippen LogP contribution >= 0.6 is 8.58 Å². The largest absolute Gasteiger partial charge is 0.388 e. The first kappa shape index (κ1) is 12.3. The van der Waals surface area contributed by atoms with Crippen molar-refractivity contribution in [3.63, 3.8) is 0 Å². The van der Waals surface area contributed by atoms with Gasteiger partial charge in [-0.25, -0.2) is 0 Å². The molecular formula is C9H21O2P. The summed E-state index contributed by atoms with van der Waals surface area (Å²) in [6, 6.07) is 0. The van der Waals surface area contributed by atoms with Crippen molar-refractivity contribution in [1.82, 2.24) is 0 Å². The fourth-order valence-corrected chi connectivity index (χ4v) is 0.875. The Morgan fingerprint density at radius 1 is 1.17 bits per heavy atom. The standard InChI is InChI=1S/C9H21O2P/c1-8(2,10)6-11-7-9(3,4)12-5/h10,12H,6-7H2,1-5H3. The molecule has 0 aliphatic heterocycles. The van der Waals surface area contributed by atoms with E-state index in [2.05, 4.69) is 20.5 Å². The van der Waals surface area contributed by atoms with Gasteiger partial charge in [-0.3, -0.25) is 0 Å². The highest BCUT2D eigenvalue weighted by Gasteiger charge is 2.18. The molecule has 0 spiro atoms. The molecule has 0 saturated heterocycles. The van der Waals surface area contributed by atoms with E-state index < -0.39 is 5.60 Å². The van der Waals surface area contributed by atoms with Crippen LogP contribution in [0.2, 0.25) is 0 Å². The Morgan fingerprint density at radius 2 is 1.67 bits per heavy atom. The van der Waals surface area contributed by atoms with E-state index in [9.17, 15) is 5.11 Å². The number of hydrogen-bond donors (Lipinski definition) is 1. The molecule has 0 bridgehead atoms. The highest BCUT2D eigenvalue weighted by atomic mass is 31.1. The molecule has 1 unspecified atom stereocenters. The lowest BCUT2D eigenvalue weighted by Gasteiger charge is -2.25. The molecule has 0 aliphatic rings. The van der Waals surface area contributed by atoms with Crippen molar-refractivity contribution in [2.24, 2.45) is 0 Å². The summed E-state index contributed by atoms with van der Waals surface area (Å²) in [5, 5.41) is 9.62. The SMILES string of the molecule is CPC(C)(C)COCC(C)(C)O. The third kappa shape index (κ3) is 7.02. The maximum atomic E-state index is 9.36. The Kier molecular flexibility index (Phi) is 4.68. The van der Waals surface area contributed by atoms with Crippen molar-refractivity contribution in [1.29, 1.82) is 0 Å². The molecule has 0 rings (SSSR count). The molecule has 0 aromatic rings. The van der Waals surface area contributed by atoms with Crippen molar-refractivity contribution in [2.45, 2.75) is 38.5 Å². The fraction of sp³-hybridized carbons (Fsp3) is 1.00. The predicted molar refractivity (Wildman–Crippen MR) is 55.4 cm³/mol. The number of rotatable bonds is 5. The lowest BCUT2D eigenvalue weighted by Crippen LogP contribution is -2.30. The molecule has 12 heavy (non-hydrogen) atoms. The molecule has 2 nitrogen and oxygen atoms in total. The number of ether oxygens (including phenoxy) is 1. The van der Waals surface area contributed by atoms with Crippen LogP contribution in [0.3, 0.4) is 0 Å². The second kappa shape index (κ2) is 4.55. The predicted octanol–water partition coefficient (Wildman–Crippen LogP) is 1.86. The van der Waals surface area contributed by atoms with Gasteiger partial charge in [-0.05, 0) is 20.5 Å². The Hall–Kier alpha value is 0.350. The smallest absolute Gasteiger partial charge is 0.0824 e. The summed E-state index contributed by atoms with van der Waals surface area (Å²) in [6.45, 7) is 11.2. The van der Waals surface area contributed by atoms with Crippen LogP contribution < -0.4 is 0 Å². The normalized spacial score (nSPS) is 14.5. The Morgan fingerprint density at radius 3 is 2.00 bits per heavy atom. The second-order valence-electron chi connectivity index (χ2n) is 4.44. The van der Waals surface area contributed by atoms with Crippen molar-refractivity contribution < 1.29 is 9.84 Å². The second-order valence-corrected chi connectivity index (χ2v) is 6.29. The van der Waals surface area contributed by atoms with Crippen LogP contribution in [0, 0.1) is 0 Å². The highest BCUT2D eigenvalue weighted by Crippen LogP contribution is 2.27. The van der Waals surface area contributed by atoms with E-state index in [0.29, 0.717) is 6.61 Å². The minimum atomic E-state index is -0.701. The monoisotopic (exact) mass is 192 g/mol. The quantitative estimate of drug-likeness (QED) is 0.674. The maximum absolute atomic E-state index is 9.36. The first-order valence-electron chi connectivity index (χ1n) is 4.26. The molecule has 0 saturated carbocycles. The molecular weight excluding hydrogens is 171 g/mol. The van der Waals surface area contributed by atoms with Crippen LogP contribution in [0.25, 0.3) is 0 Å². The summed E-state index contributed by atoms with van der Waals surface area (Å²) >= 11 is 0. The van der Waals surface area contributed by atoms with Crippen LogP contribution in [-0.2, 0) is 4.74 Å². The van der Waals surface area contributed by atoms with Gasteiger partial charge in [0.15, 0.2) is 0 Å². The molecule has 0 aromatic heterocycles. The van der Waals surface area contributed by atoms with Crippen LogP contribution in [-0.4, -0.2) is 35.7 Å². The summed E-state index contributed by atoms with van der Waals surface area (Å²) in [6.07, 6.45) is 0. The maximum Gasteiger partial charge on any atom is 0.0824 e. The molecule has 74 valence electrons. The Bertz CT molecular complexity index is 127. The molecule has 0 aliphatic carbocycles. The van der Waals surface area contributed by atoms with E-state index >= 15 is 0 Å².